The van der Waals surface area contributed by atoms with Gasteiger partial charge in [0.1, 0.15) is 0 Å². The number of hydrogen-bond acceptors (Lipinski definition) is 4. The van der Waals surface area contributed by atoms with Crippen molar-refractivity contribution >= 4 is 46.7 Å². The normalized spacial score (nSPS) is 16.2. The predicted molar refractivity (Wildman–Crippen MR) is 73.7 cm³/mol. The van der Waals surface area contributed by atoms with Gasteiger partial charge in [-0.05, 0) is 28.8 Å². The Morgan fingerprint density at radius 2 is 1.69 bits per heavy atom. The molecule has 0 spiro atoms. The lowest BCUT2D eigenvalue weighted by Gasteiger charge is -2.29. The minimum absolute atomic E-state index is 0. The van der Waals surface area contributed by atoms with E-state index in [-0.39, 0.29) is 24.8 Å². The maximum atomic E-state index is 5.82. The summed E-state index contributed by atoms with van der Waals surface area (Å²) in [5, 5.41) is 0. The van der Waals surface area contributed by atoms with Gasteiger partial charge in [0.05, 0.1) is 4.47 Å². The van der Waals surface area contributed by atoms with Gasteiger partial charge in [0.15, 0.2) is 0 Å². The molecule has 0 atom stereocenters. The van der Waals surface area contributed by atoms with Crippen LogP contribution in [-0.2, 0) is 0 Å². The maximum Gasteiger partial charge on any atom is 0.225 e. The average molecular weight is 330 g/mol. The molecule has 92 valence electrons. The first-order chi connectivity index (χ1) is 6.75. The summed E-state index contributed by atoms with van der Waals surface area (Å²) in [6, 6.07) is 0.349. The van der Waals surface area contributed by atoms with Crippen LogP contribution >= 0.6 is 40.7 Å². The summed E-state index contributed by atoms with van der Waals surface area (Å²) < 4.78 is 0.912. The van der Waals surface area contributed by atoms with Gasteiger partial charge in [-0.1, -0.05) is 0 Å². The molecule has 0 aromatic carbocycles. The van der Waals surface area contributed by atoms with Gasteiger partial charge in [-0.25, -0.2) is 9.97 Å². The lowest BCUT2D eigenvalue weighted by molar-refractivity contribution is 0.495. The Morgan fingerprint density at radius 1 is 1.19 bits per heavy atom. The third-order valence-corrected chi connectivity index (χ3v) is 2.84. The summed E-state index contributed by atoms with van der Waals surface area (Å²) >= 11 is 3.32. The number of nitrogens with zero attached hydrogens (tertiary/aromatic N) is 3. The van der Waals surface area contributed by atoms with E-state index in [4.69, 9.17) is 5.73 Å². The fourth-order valence-electron chi connectivity index (χ4n) is 1.57. The van der Waals surface area contributed by atoms with Gasteiger partial charge in [-0.15, -0.1) is 24.8 Å². The second kappa shape index (κ2) is 7.27. The Hall–Kier alpha value is -0.100. The van der Waals surface area contributed by atoms with Crippen LogP contribution in [0, 0.1) is 0 Å². The van der Waals surface area contributed by atoms with Crippen molar-refractivity contribution < 1.29 is 0 Å². The van der Waals surface area contributed by atoms with E-state index < -0.39 is 0 Å². The van der Waals surface area contributed by atoms with Gasteiger partial charge in [0.25, 0.3) is 0 Å². The lowest BCUT2D eigenvalue weighted by Crippen LogP contribution is -2.40. The molecule has 4 nitrogen and oxygen atoms in total. The van der Waals surface area contributed by atoms with E-state index >= 15 is 0 Å². The van der Waals surface area contributed by atoms with E-state index in [1.165, 1.54) is 0 Å². The summed E-state index contributed by atoms with van der Waals surface area (Å²) in [6.45, 7) is 1.92. The largest absolute Gasteiger partial charge is 0.341 e. The Labute approximate surface area is 116 Å². The van der Waals surface area contributed by atoms with Crippen molar-refractivity contribution in [1.82, 2.24) is 9.97 Å². The minimum Gasteiger partial charge on any atom is -0.341 e. The molecular weight excluding hydrogens is 315 g/mol. The first kappa shape index (κ1) is 15.9. The molecule has 1 fully saturated rings. The monoisotopic (exact) mass is 328 g/mol. The molecule has 1 aromatic heterocycles. The Kier molecular flexibility index (Phi) is 7.22. The number of hydrogen-bond donors (Lipinski definition) is 1. The molecular formula is C9H15BrCl2N4. The number of halogens is 3. The van der Waals surface area contributed by atoms with Crippen LogP contribution in [-0.4, -0.2) is 29.1 Å². The number of piperidine rings is 1. The fourth-order valence-corrected chi connectivity index (χ4v) is 1.77. The molecule has 1 aromatic rings. The minimum atomic E-state index is 0. The quantitative estimate of drug-likeness (QED) is 0.856. The van der Waals surface area contributed by atoms with Crippen LogP contribution in [0.2, 0.25) is 0 Å². The van der Waals surface area contributed by atoms with E-state index in [9.17, 15) is 0 Å². The maximum absolute atomic E-state index is 5.82. The lowest BCUT2D eigenvalue weighted by atomic mass is 10.1. The smallest absolute Gasteiger partial charge is 0.225 e. The van der Waals surface area contributed by atoms with Crippen LogP contribution in [0.5, 0.6) is 0 Å². The molecule has 1 saturated heterocycles. The van der Waals surface area contributed by atoms with E-state index in [2.05, 4.69) is 30.8 Å². The van der Waals surface area contributed by atoms with Gasteiger partial charge in [0.2, 0.25) is 5.95 Å². The highest BCUT2D eigenvalue weighted by Gasteiger charge is 2.17. The van der Waals surface area contributed by atoms with Crippen LogP contribution in [0.4, 0.5) is 5.95 Å². The molecule has 0 bridgehead atoms. The zero-order valence-corrected chi connectivity index (χ0v) is 11.9. The summed E-state index contributed by atoms with van der Waals surface area (Å²) in [7, 11) is 0. The highest BCUT2D eigenvalue weighted by molar-refractivity contribution is 9.10. The predicted octanol–water partition coefficient (Wildman–Crippen LogP) is 2.01. The van der Waals surface area contributed by atoms with E-state index in [1.807, 2.05) is 0 Å². The van der Waals surface area contributed by atoms with Gasteiger partial charge in [-0.3, -0.25) is 0 Å². The molecule has 0 aliphatic carbocycles. The summed E-state index contributed by atoms with van der Waals surface area (Å²) in [5.74, 6) is 0.806. The molecule has 0 unspecified atom stereocenters. The van der Waals surface area contributed by atoms with Gasteiger partial charge in [-0.2, -0.15) is 0 Å². The van der Waals surface area contributed by atoms with Crippen LogP contribution in [0.3, 0.4) is 0 Å². The molecule has 0 saturated carbocycles. The van der Waals surface area contributed by atoms with Crippen molar-refractivity contribution in [2.24, 2.45) is 5.73 Å². The van der Waals surface area contributed by atoms with Gasteiger partial charge in [0, 0.05) is 31.5 Å². The van der Waals surface area contributed by atoms with Crippen LogP contribution in [0.1, 0.15) is 12.8 Å². The fraction of sp³-hybridized carbons (Fsp3) is 0.556. The van der Waals surface area contributed by atoms with E-state index in [0.29, 0.717) is 6.04 Å². The first-order valence-corrected chi connectivity index (χ1v) is 5.53. The molecule has 2 N–H and O–H groups in total. The molecule has 0 radical (unpaired) electrons. The highest BCUT2D eigenvalue weighted by atomic mass is 79.9. The van der Waals surface area contributed by atoms with Gasteiger partial charge >= 0.3 is 0 Å². The Balaban J connectivity index is 0.00000112. The van der Waals surface area contributed by atoms with Crippen molar-refractivity contribution in [2.75, 3.05) is 18.0 Å². The highest BCUT2D eigenvalue weighted by Crippen LogP contribution is 2.15. The van der Waals surface area contributed by atoms with Crippen molar-refractivity contribution in [2.45, 2.75) is 18.9 Å². The van der Waals surface area contributed by atoms with Crippen molar-refractivity contribution in [1.29, 1.82) is 0 Å². The van der Waals surface area contributed by atoms with Crippen LogP contribution in [0.15, 0.2) is 16.9 Å². The number of aromatic nitrogens is 2. The second-order valence-electron chi connectivity index (χ2n) is 3.53. The van der Waals surface area contributed by atoms with Crippen LogP contribution in [0.25, 0.3) is 0 Å². The average Bonchev–Trinajstić information content (AvgIpc) is 2.21. The SMILES string of the molecule is Cl.Cl.NC1CCN(c2ncc(Br)cn2)CC1. The third kappa shape index (κ3) is 4.05. The molecule has 0 amide bonds. The van der Waals surface area contributed by atoms with E-state index in [0.717, 1.165) is 36.4 Å². The van der Waals surface area contributed by atoms with E-state index in [1.54, 1.807) is 12.4 Å². The summed E-state index contributed by atoms with van der Waals surface area (Å²) in [6.07, 6.45) is 5.60. The zero-order valence-electron chi connectivity index (χ0n) is 8.67. The van der Waals surface area contributed by atoms with Crippen LogP contribution < -0.4 is 10.6 Å². The molecule has 1 aliphatic heterocycles. The zero-order chi connectivity index (χ0) is 9.97. The standard InChI is InChI=1S/C9H13BrN4.2ClH/c10-7-5-12-9(13-6-7)14-3-1-8(11)2-4-14;;/h5-6,8H,1-4,11H2;2*1H. The third-order valence-electron chi connectivity index (χ3n) is 2.43. The molecule has 2 rings (SSSR count). The summed E-state index contributed by atoms with van der Waals surface area (Å²) in [5.41, 5.74) is 5.82. The van der Waals surface area contributed by atoms with Gasteiger partial charge < -0.3 is 10.6 Å². The molecule has 7 heteroatoms. The summed E-state index contributed by atoms with van der Waals surface area (Å²) in [4.78, 5) is 10.7. The number of rotatable bonds is 1. The number of anilines is 1. The van der Waals surface area contributed by atoms with Crippen molar-refractivity contribution in [3.8, 4) is 0 Å². The van der Waals surface area contributed by atoms with Crippen molar-refractivity contribution in [3.05, 3.63) is 16.9 Å². The second-order valence-corrected chi connectivity index (χ2v) is 4.44. The molecule has 2 heterocycles. The molecule has 16 heavy (non-hydrogen) atoms. The number of nitrogens with two attached hydrogens (primary N) is 1. The Bertz CT molecular complexity index is 301. The first-order valence-electron chi connectivity index (χ1n) is 4.74. The Morgan fingerprint density at radius 3 is 2.19 bits per heavy atom. The van der Waals surface area contributed by atoms with Crippen molar-refractivity contribution in [3.63, 3.8) is 0 Å². The topological polar surface area (TPSA) is 55.0 Å². The molecule has 1 aliphatic rings.